The van der Waals surface area contributed by atoms with Gasteiger partial charge in [0.2, 0.25) is 5.91 Å². The van der Waals surface area contributed by atoms with E-state index in [1.165, 1.54) is 0 Å². The molecule has 2 N–H and O–H groups in total. The molecule has 20 heavy (non-hydrogen) atoms. The van der Waals surface area contributed by atoms with Crippen LogP contribution in [0.15, 0.2) is 28.7 Å². The van der Waals surface area contributed by atoms with E-state index in [-0.39, 0.29) is 11.3 Å². The Kier molecular flexibility index (Phi) is 6.65. The van der Waals surface area contributed by atoms with Crippen LogP contribution in [-0.2, 0) is 4.79 Å². The fourth-order valence-corrected chi connectivity index (χ4v) is 2.43. The van der Waals surface area contributed by atoms with Gasteiger partial charge in [-0.05, 0) is 43.8 Å². The maximum atomic E-state index is 11.8. The molecule has 0 saturated carbocycles. The average molecular weight is 342 g/mol. The van der Waals surface area contributed by atoms with Crippen LogP contribution in [0.3, 0.4) is 0 Å². The molecule has 0 aliphatic heterocycles. The third kappa shape index (κ3) is 7.03. The molecule has 0 fully saturated rings. The van der Waals surface area contributed by atoms with Crippen molar-refractivity contribution in [2.45, 2.75) is 13.8 Å². The van der Waals surface area contributed by atoms with E-state index in [1.54, 1.807) is 0 Å². The number of rotatable bonds is 7. The highest BCUT2D eigenvalue weighted by atomic mass is 79.9. The first kappa shape index (κ1) is 17.1. The lowest BCUT2D eigenvalue weighted by Gasteiger charge is -2.28. The monoisotopic (exact) mass is 341 g/mol. The van der Waals surface area contributed by atoms with Gasteiger partial charge in [0, 0.05) is 23.2 Å². The highest BCUT2D eigenvalue weighted by Gasteiger charge is 2.18. The van der Waals surface area contributed by atoms with Gasteiger partial charge in [0.1, 0.15) is 0 Å². The molecule has 0 saturated heterocycles. The Hall–Kier alpha value is -0.910. The zero-order valence-electron chi connectivity index (χ0n) is 12.7. The molecule has 0 spiro atoms. The number of benzene rings is 1. The van der Waals surface area contributed by atoms with E-state index in [2.05, 4.69) is 59.4 Å². The van der Waals surface area contributed by atoms with Gasteiger partial charge in [-0.3, -0.25) is 4.79 Å². The van der Waals surface area contributed by atoms with Gasteiger partial charge in [0.25, 0.3) is 0 Å². The molecule has 112 valence electrons. The van der Waals surface area contributed by atoms with E-state index in [0.717, 1.165) is 23.2 Å². The SMILES string of the molecule is CN(C)CC(C)(C)CNCC(=O)Nc1ccc(Br)cc1. The molecule has 0 bridgehead atoms. The van der Waals surface area contributed by atoms with Crippen molar-refractivity contribution in [1.29, 1.82) is 0 Å². The predicted octanol–water partition coefficient (Wildman–Crippen LogP) is 2.57. The summed E-state index contributed by atoms with van der Waals surface area (Å²) < 4.78 is 0.999. The minimum absolute atomic E-state index is 0.0204. The third-order valence-electron chi connectivity index (χ3n) is 2.76. The van der Waals surface area contributed by atoms with Gasteiger partial charge in [-0.15, -0.1) is 0 Å². The summed E-state index contributed by atoms with van der Waals surface area (Å²) in [7, 11) is 4.12. The largest absolute Gasteiger partial charge is 0.325 e. The second-order valence-electron chi connectivity index (χ2n) is 6.06. The summed E-state index contributed by atoms with van der Waals surface area (Å²) in [6, 6.07) is 7.56. The second kappa shape index (κ2) is 7.76. The number of nitrogens with one attached hydrogen (secondary N) is 2. The fraction of sp³-hybridized carbons (Fsp3) is 0.533. The molecule has 1 aromatic rings. The van der Waals surface area contributed by atoms with Gasteiger partial charge in [-0.2, -0.15) is 0 Å². The highest BCUT2D eigenvalue weighted by Crippen LogP contribution is 2.15. The van der Waals surface area contributed by atoms with Crippen LogP contribution < -0.4 is 10.6 Å². The Balaban J connectivity index is 2.31. The molecule has 4 nitrogen and oxygen atoms in total. The minimum Gasteiger partial charge on any atom is -0.325 e. The number of carbonyl (C=O) groups excluding carboxylic acids is 1. The van der Waals surface area contributed by atoms with Crippen molar-refractivity contribution in [3.63, 3.8) is 0 Å². The van der Waals surface area contributed by atoms with Crippen LogP contribution in [0.2, 0.25) is 0 Å². The van der Waals surface area contributed by atoms with E-state index in [1.807, 2.05) is 24.3 Å². The summed E-state index contributed by atoms with van der Waals surface area (Å²) in [5.41, 5.74) is 0.953. The van der Waals surface area contributed by atoms with Gasteiger partial charge in [-0.1, -0.05) is 29.8 Å². The Labute approximate surface area is 130 Å². The molecule has 1 rings (SSSR count). The lowest BCUT2D eigenvalue weighted by Crippen LogP contribution is -2.40. The number of anilines is 1. The predicted molar refractivity (Wildman–Crippen MR) is 88.0 cm³/mol. The van der Waals surface area contributed by atoms with Crippen molar-refractivity contribution >= 4 is 27.5 Å². The summed E-state index contributed by atoms with van der Waals surface area (Å²) in [5, 5.41) is 6.08. The summed E-state index contributed by atoms with van der Waals surface area (Å²) in [5.74, 6) is -0.0204. The number of amides is 1. The topological polar surface area (TPSA) is 44.4 Å². The number of carbonyl (C=O) groups is 1. The van der Waals surface area contributed by atoms with Crippen LogP contribution in [0.5, 0.6) is 0 Å². The first-order valence-electron chi connectivity index (χ1n) is 6.69. The molecular formula is C15H24BrN3O. The number of hydrogen-bond acceptors (Lipinski definition) is 3. The van der Waals surface area contributed by atoms with Crippen molar-refractivity contribution in [3.8, 4) is 0 Å². The summed E-state index contributed by atoms with van der Waals surface area (Å²) >= 11 is 3.37. The van der Waals surface area contributed by atoms with Crippen molar-refractivity contribution in [1.82, 2.24) is 10.2 Å². The van der Waals surface area contributed by atoms with Crippen LogP contribution in [0.1, 0.15) is 13.8 Å². The van der Waals surface area contributed by atoms with Crippen LogP contribution in [0.4, 0.5) is 5.69 Å². The van der Waals surface area contributed by atoms with Crippen molar-refractivity contribution in [2.75, 3.05) is 39.0 Å². The highest BCUT2D eigenvalue weighted by molar-refractivity contribution is 9.10. The van der Waals surface area contributed by atoms with Crippen LogP contribution in [0.25, 0.3) is 0 Å². The summed E-state index contributed by atoms with van der Waals surface area (Å²) in [6.45, 7) is 6.49. The van der Waals surface area contributed by atoms with Crippen LogP contribution >= 0.6 is 15.9 Å². The third-order valence-corrected chi connectivity index (χ3v) is 3.29. The molecular weight excluding hydrogens is 318 g/mol. The van der Waals surface area contributed by atoms with Gasteiger partial charge >= 0.3 is 0 Å². The molecule has 1 aromatic carbocycles. The molecule has 1 amide bonds. The second-order valence-corrected chi connectivity index (χ2v) is 6.98. The number of nitrogens with zero attached hydrogens (tertiary/aromatic N) is 1. The number of hydrogen-bond donors (Lipinski definition) is 2. The molecule has 0 aliphatic carbocycles. The Morgan fingerprint density at radius 2 is 1.85 bits per heavy atom. The lowest BCUT2D eigenvalue weighted by molar-refractivity contribution is -0.115. The molecule has 0 aromatic heterocycles. The van der Waals surface area contributed by atoms with E-state index in [9.17, 15) is 4.79 Å². The van der Waals surface area contributed by atoms with Crippen molar-refractivity contribution < 1.29 is 4.79 Å². The first-order valence-corrected chi connectivity index (χ1v) is 7.49. The van der Waals surface area contributed by atoms with Crippen molar-refractivity contribution in [2.24, 2.45) is 5.41 Å². The van der Waals surface area contributed by atoms with E-state index < -0.39 is 0 Å². The van der Waals surface area contributed by atoms with Gasteiger partial charge in [0.05, 0.1) is 6.54 Å². The van der Waals surface area contributed by atoms with E-state index in [0.29, 0.717) is 6.54 Å². The molecule has 0 radical (unpaired) electrons. The molecule has 0 heterocycles. The Morgan fingerprint density at radius 1 is 1.25 bits per heavy atom. The zero-order valence-corrected chi connectivity index (χ0v) is 14.3. The maximum Gasteiger partial charge on any atom is 0.238 e. The molecule has 5 heteroatoms. The number of halogens is 1. The van der Waals surface area contributed by atoms with Gasteiger partial charge in [0.15, 0.2) is 0 Å². The van der Waals surface area contributed by atoms with Crippen LogP contribution in [0, 0.1) is 5.41 Å². The standard InChI is InChI=1S/C15H24BrN3O/c1-15(2,11-19(3)4)10-17-9-14(20)18-13-7-5-12(16)6-8-13/h5-8,17H,9-11H2,1-4H3,(H,18,20). The van der Waals surface area contributed by atoms with E-state index in [4.69, 9.17) is 0 Å². The molecule has 0 aliphatic rings. The van der Waals surface area contributed by atoms with Crippen molar-refractivity contribution in [3.05, 3.63) is 28.7 Å². The Morgan fingerprint density at radius 3 is 2.40 bits per heavy atom. The van der Waals surface area contributed by atoms with Crippen LogP contribution in [-0.4, -0.2) is 44.5 Å². The summed E-state index contributed by atoms with van der Waals surface area (Å²) in [6.07, 6.45) is 0. The fourth-order valence-electron chi connectivity index (χ4n) is 2.16. The first-order chi connectivity index (χ1) is 9.28. The average Bonchev–Trinajstić information content (AvgIpc) is 2.30. The normalized spacial score (nSPS) is 11.7. The van der Waals surface area contributed by atoms with Gasteiger partial charge in [-0.25, -0.2) is 0 Å². The quantitative estimate of drug-likeness (QED) is 0.801. The molecule has 0 unspecified atom stereocenters. The summed E-state index contributed by atoms with van der Waals surface area (Å²) in [4.78, 5) is 14.0. The minimum atomic E-state index is -0.0204. The molecule has 0 atom stereocenters. The Bertz CT molecular complexity index is 429. The smallest absolute Gasteiger partial charge is 0.238 e. The maximum absolute atomic E-state index is 11.8. The van der Waals surface area contributed by atoms with Gasteiger partial charge < -0.3 is 15.5 Å². The zero-order chi connectivity index (χ0) is 15.2. The van der Waals surface area contributed by atoms with E-state index >= 15 is 0 Å². The lowest BCUT2D eigenvalue weighted by atomic mass is 9.93.